The summed E-state index contributed by atoms with van der Waals surface area (Å²) in [6.07, 6.45) is 1.48. The van der Waals surface area contributed by atoms with Gasteiger partial charge in [-0.25, -0.2) is 4.79 Å². The molecule has 0 bridgehead atoms. The Morgan fingerprint density at radius 3 is 2.47 bits per heavy atom. The lowest BCUT2D eigenvalue weighted by atomic mass is 10.1. The number of carboxylic acids is 1. The van der Waals surface area contributed by atoms with Gasteiger partial charge in [0.25, 0.3) is 0 Å². The lowest BCUT2D eigenvalue weighted by molar-refractivity contribution is -0.138. The summed E-state index contributed by atoms with van der Waals surface area (Å²) < 4.78 is 13.9. The van der Waals surface area contributed by atoms with Crippen LogP contribution < -0.4 is 14.8 Å². The van der Waals surface area contributed by atoms with Crippen LogP contribution in [0.2, 0.25) is 0 Å². The van der Waals surface area contributed by atoms with Crippen LogP contribution in [-0.4, -0.2) is 36.1 Å². The second kappa shape index (κ2) is 13.3. The molecule has 0 fully saturated rings. The molecule has 0 radical (unpaired) electrons. The number of carbonyl (C=O) groups excluding carboxylic acids is 2. The number of ether oxygens (including phenoxy) is 2. The van der Waals surface area contributed by atoms with Gasteiger partial charge in [-0.3, -0.25) is 14.3 Å². The van der Waals surface area contributed by atoms with Crippen molar-refractivity contribution in [2.45, 2.75) is 44.4 Å². The predicted octanol–water partition coefficient (Wildman–Crippen LogP) is 4.86. The molecule has 0 aliphatic heterocycles. The quantitative estimate of drug-likeness (QED) is 0.221. The first-order valence-corrected chi connectivity index (χ1v) is 11.3. The number of carboxylic acid groups (broad SMARTS) is 1. The maximum Gasteiger partial charge on any atom is 0.338 e. The second-order valence-corrected chi connectivity index (χ2v) is 7.64. The number of nitrogens with one attached hydrogen (secondary N) is 2. The number of unbranched alkanes of at least 4 members (excludes halogenated alkanes) is 1. The normalized spacial score (nSPS) is 10.3. The largest absolute Gasteiger partial charge is 0.481 e. The average molecular weight is 461 g/mol. The first-order chi connectivity index (χ1) is 15.4. The molecule has 0 aliphatic rings. The van der Waals surface area contributed by atoms with Gasteiger partial charge >= 0.3 is 11.9 Å². The Morgan fingerprint density at radius 2 is 1.81 bits per heavy atom. The molecule has 2 aromatic rings. The van der Waals surface area contributed by atoms with Gasteiger partial charge in [0.15, 0.2) is 5.75 Å². The molecule has 1 amide bonds. The van der Waals surface area contributed by atoms with Crippen molar-refractivity contribution < 1.29 is 29.0 Å². The van der Waals surface area contributed by atoms with E-state index in [1.165, 1.54) is 0 Å². The maximum atomic E-state index is 12.4. The maximum absolute atomic E-state index is 12.4. The molecule has 0 heterocycles. The van der Waals surface area contributed by atoms with Crippen molar-refractivity contribution in [2.24, 2.45) is 0 Å². The summed E-state index contributed by atoms with van der Waals surface area (Å²) in [6.45, 7) is 4.70. The third-order valence-corrected chi connectivity index (χ3v) is 5.07. The third-order valence-electron chi connectivity index (χ3n) is 4.22. The molecule has 0 aromatic heterocycles. The van der Waals surface area contributed by atoms with Gasteiger partial charge in [0.2, 0.25) is 5.91 Å². The fraction of sp³-hybridized carbons (Fsp3) is 0.348. The van der Waals surface area contributed by atoms with Crippen molar-refractivity contribution >= 4 is 35.5 Å². The van der Waals surface area contributed by atoms with E-state index in [0.717, 1.165) is 24.8 Å². The standard InChI is InChI=1S/C23H28N2O6S/c1-3-5-13-24-18-14-16(23(29)30-4-2)15-19(32-25-20(26)11-12-21(27)28)22(18)31-17-9-7-6-8-10-17/h6-10,14-15,24H,3-5,11-13H2,1-2H3,(H,25,26)(H,27,28). The van der Waals surface area contributed by atoms with Gasteiger partial charge < -0.3 is 19.9 Å². The number of benzene rings is 2. The van der Waals surface area contributed by atoms with E-state index in [1.807, 2.05) is 18.2 Å². The molecular formula is C23H28N2O6S. The molecule has 0 unspecified atom stereocenters. The summed E-state index contributed by atoms with van der Waals surface area (Å²) in [4.78, 5) is 35.7. The first kappa shape index (κ1) is 25.1. The highest BCUT2D eigenvalue weighted by Gasteiger charge is 2.19. The Kier molecular flexibility index (Phi) is 10.4. The fourth-order valence-electron chi connectivity index (χ4n) is 2.64. The van der Waals surface area contributed by atoms with E-state index in [0.29, 0.717) is 34.2 Å². The molecule has 2 aromatic carbocycles. The highest BCUT2D eigenvalue weighted by molar-refractivity contribution is 7.98. The van der Waals surface area contributed by atoms with E-state index in [-0.39, 0.29) is 19.4 Å². The summed E-state index contributed by atoms with van der Waals surface area (Å²) >= 11 is 0.964. The lowest BCUT2D eigenvalue weighted by Crippen LogP contribution is -2.17. The van der Waals surface area contributed by atoms with Crippen LogP contribution in [0, 0.1) is 0 Å². The zero-order valence-electron chi connectivity index (χ0n) is 18.2. The summed E-state index contributed by atoms with van der Waals surface area (Å²) in [5.41, 5.74) is 0.906. The van der Waals surface area contributed by atoms with Crippen LogP contribution in [0.25, 0.3) is 0 Å². The van der Waals surface area contributed by atoms with Crippen molar-refractivity contribution in [1.29, 1.82) is 0 Å². The van der Waals surface area contributed by atoms with Crippen LogP contribution in [0.1, 0.15) is 49.9 Å². The Labute approximate surface area is 191 Å². The molecule has 3 N–H and O–H groups in total. The van der Waals surface area contributed by atoms with Gasteiger partial charge in [-0.2, -0.15) is 0 Å². The van der Waals surface area contributed by atoms with Crippen LogP contribution >= 0.6 is 11.9 Å². The van der Waals surface area contributed by atoms with Crippen molar-refractivity contribution in [2.75, 3.05) is 18.5 Å². The lowest BCUT2D eigenvalue weighted by Gasteiger charge is -2.18. The number of carbonyl (C=O) groups is 3. The number of rotatable bonds is 13. The Hall–Kier alpha value is -3.20. The minimum atomic E-state index is -1.05. The monoisotopic (exact) mass is 460 g/mol. The molecule has 0 saturated carbocycles. The van der Waals surface area contributed by atoms with Gasteiger partial charge in [-0.15, -0.1) is 0 Å². The van der Waals surface area contributed by atoms with Crippen LogP contribution in [-0.2, 0) is 14.3 Å². The average Bonchev–Trinajstić information content (AvgIpc) is 2.78. The van der Waals surface area contributed by atoms with E-state index in [2.05, 4.69) is 17.0 Å². The number of aliphatic carboxylic acids is 1. The molecule has 0 aliphatic carbocycles. The number of para-hydroxylation sites is 1. The van der Waals surface area contributed by atoms with Gasteiger partial charge in [0.1, 0.15) is 5.75 Å². The minimum Gasteiger partial charge on any atom is -0.481 e. The topological polar surface area (TPSA) is 114 Å². The SMILES string of the molecule is CCCCNc1cc(C(=O)OCC)cc(SNC(=O)CCC(=O)O)c1Oc1ccccc1. The zero-order valence-corrected chi connectivity index (χ0v) is 19.0. The second-order valence-electron chi connectivity index (χ2n) is 6.79. The highest BCUT2D eigenvalue weighted by Crippen LogP contribution is 2.39. The number of amides is 1. The van der Waals surface area contributed by atoms with Crippen LogP contribution in [0.4, 0.5) is 5.69 Å². The van der Waals surface area contributed by atoms with E-state index in [1.54, 1.807) is 31.2 Å². The molecule has 0 spiro atoms. The molecule has 9 heteroatoms. The number of hydrogen-bond acceptors (Lipinski definition) is 7. The van der Waals surface area contributed by atoms with Crippen molar-refractivity contribution in [3.63, 3.8) is 0 Å². The third kappa shape index (κ3) is 8.14. The summed E-state index contributed by atoms with van der Waals surface area (Å²) in [6, 6.07) is 12.4. The molecule has 0 atom stereocenters. The van der Waals surface area contributed by atoms with E-state index in [4.69, 9.17) is 14.6 Å². The van der Waals surface area contributed by atoms with Crippen LogP contribution in [0.15, 0.2) is 47.4 Å². The summed E-state index contributed by atoms with van der Waals surface area (Å²) in [5, 5.41) is 12.1. The summed E-state index contributed by atoms with van der Waals surface area (Å²) in [5.74, 6) is -0.940. The van der Waals surface area contributed by atoms with Crippen molar-refractivity contribution in [1.82, 2.24) is 4.72 Å². The highest BCUT2D eigenvalue weighted by atomic mass is 32.2. The van der Waals surface area contributed by atoms with Gasteiger partial charge in [0, 0.05) is 13.0 Å². The first-order valence-electron chi connectivity index (χ1n) is 10.4. The minimum absolute atomic E-state index is 0.156. The molecule has 172 valence electrons. The van der Waals surface area contributed by atoms with E-state index < -0.39 is 17.8 Å². The van der Waals surface area contributed by atoms with Crippen LogP contribution in [0.5, 0.6) is 11.5 Å². The molecular weight excluding hydrogens is 432 g/mol. The molecule has 32 heavy (non-hydrogen) atoms. The van der Waals surface area contributed by atoms with Gasteiger partial charge in [-0.05, 0) is 49.6 Å². The smallest absolute Gasteiger partial charge is 0.338 e. The van der Waals surface area contributed by atoms with Gasteiger partial charge in [-0.1, -0.05) is 31.5 Å². The zero-order chi connectivity index (χ0) is 23.3. The van der Waals surface area contributed by atoms with Gasteiger partial charge in [0.05, 0.1) is 29.2 Å². The fourth-order valence-corrected chi connectivity index (χ4v) is 3.39. The van der Waals surface area contributed by atoms with E-state index in [9.17, 15) is 14.4 Å². The molecule has 2 rings (SSSR count). The van der Waals surface area contributed by atoms with Crippen molar-refractivity contribution in [3.05, 3.63) is 48.0 Å². The molecule has 0 saturated heterocycles. The Balaban J connectivity index is 2.39. The number of anilines is 1. The summed E-state index contributed by atoms with van der Waals surface area (Å²) in [7, 11) is 0. The van der Waals surface area contributed by atoms with Crippen LogP contribution in [0.3, 0.4) is 0 Å². The Bertz CT molecular complexity index is 920. The predicted molar refractivity (Wildman–Crippen MR) is 123 cm³/mol. The van der Waals surface area contributed by atoms with Crippen molar-refractivity contribution in [3.8, 4) is 11.5 Å². The number of hydrogen-bond donors (Lipinski definition) is 3. The number of esters is 1. The van der Waals surface area contributed by atoms with E-state index >= 15 is 0 Å². The molecule has 8 nitrogen and oxygen atoms in total. The Morgan fingerprint density at radius 1 is 1.06 bits per heavy atom.